The van der Waals surface area contributed by atoms with Gasteiger partial charge in [0.25, 0.3) is 5.91 Å². The third-order valence-electron chi connectivity index (χ3n) is 10.1. The highest BCUT2D eigenvalue weighted by Gasteiger charge is 2.63. The van der Waals surface area contributed by atoms with Crippen molar-refractivity contribution in [3.05, 3.63) is 47.3 Å². The summed E-state index contributed by atoms with van der Waals surface area (Å²) in [5.74, 6) is 3.91. The van der Waals surface area contributed by atoms with E-state index in [9.17, 15) is 14.3 Å². The Bertz CT molecular complexity index is 1120. The maximum Gasteiger partial charge on any atom is 0.261 e. The zero-order valence-corrected chi connectivity index (χ0v) is 21.4. The smallest absolute Gasteiger partial charge is 0.261 e. The first-order chi connectivity index (χ1) is 17.2. The van der Waals surface area contributed by atoms with E-state index in [1.807, 2.05) is 0 Å². The fourth-order valence-electron chi connectivity index (χ4n) is 7.92. The van der Waals surface area contributed by atoms with Gasteiger partial charge >= 0.3 is 0 Å². The minimum absolute atomic E-state index is 0.145. The Morgan fingerprint density at radius 3 is 2.67 bits per heavy atom. The van der Waals surface area contributed by atoms with Gasteiger partial charge in [-0.25, -0.2) is 4.39 Å². The minimum Gasteiger partial charge on any atom is -0.385 e. The zero-order valence-electron chi connectivity index (χ0n) is 21.4. The van der Waals surface area contributed by atoms with Gasteiger partial charge in [-0.15, -0.1) is 6.42 Å². The number of hydrogen-bond acceptors (Lipinski definition) is 4. The molecule has 192 valence electrons. The van der Waals surface area contributed by atoms with Crippen molar-refractivity contribution in [2.45, 2.75) is 77.4 Å². The lowest BCUT2D eigenvalue weighted by Crippen LogP contribution is -2.54. The van der Waals surface area contributed by atoms with Crippen LogP contribution in [0.4, 0.5) is 4.39 Å². The summed E-state index contributed by atoms with van der Waals surface area (Å²) in [6.45, 7) is 4.82. The molecule has 0 aliphatic heterocycles. The van der Waals surface area contributed by atoms with E-state index in [4.69, 9.17) is 11.3 Å². The summed E-state index contributed by atoms with van der Waals surface area (Å²) in [4.78, 5) is 17.5. The lowest BCUT2D eigenvalue weighted by molar-refractivity contribution is -0.125. The lowest BCUT2D eigenvalue weighted by Gasteiger charge is -2.58. The van der Waals surface area contributed by atoms with Crippen molar-refractivity contribution < 1.29 is 19.1 Å². The number of carbonyl (C=O) groups is 1. The number of nitrogens with one attached hydrogen (secondary N) is 1. The highest BCUT2D eigenvalue weighted by Crippen LogP contribution is 2.67. The van der Waals surface area contributed by atoms with Crippen molar-refractivity contribution in [3.8, 4) is 12.3 Å². The van der Waals surface area contributed by atoms with E-state index in [1.165, 1.54) is 17.7 Å². The number of terminal acetylenes is 1. The molecule has 0 spiro atoms. The van der Waals surface area contributed by atoms with E-state index >= 15 is 0 Å². The first-order valence-electron chi connectivity index (χ1n) is 13.3. The summed E-state index contributed by atoms with van der Waals surface area (Å²) < 4.78 is 13.0. The Balaban J connectivity index is 1.19. The molecule has 1 aromatic carbocycles. The second-order valence-corrected chi connectivity index (χ2v) is 11.8. The molecule has 3 fully saturated rings. The van der Waals surface area contributed by atoms with Gasteiger partial charge in [-0.05, 0) is 98.3 Å². The van der Waals surface area contributed by atoms with Crippen LogP contribution in [0.25, 0.3) is 0 Å². The summed E-state index contributed by atoms with van der Waals surface area (Å²) in [7, 11) is 0. The van der Waals surface area contributed by atoms with Crippen LogP contribution >= 0.6 is 0 Å². The molecule has 36 heavy (non-hydrogen) atoms. The first kappa shape index (κ1) is 25.0. The van der Waals surface area contributed by atoms with Gasteiger partial charge in [0.15, 0.2) is 6.61 Å². The number of fused-ring (bicyclic) bond motifs is 5. The number of hydrogen-bond donors (Lipinski definition) is 2. The number of halogens is 1. The Kier molecular flexibility index (Phi) is 6.49. The molecule has 4 aliphatic rings. The van der Waals surface area contributed by atoms with Crippen LogP contribution in [0.5, 0.6) is 0 Å². The van der Waals surface area contributed by atoms with Crippen LogP contribution in [-0.2, 0) is 16.2 Å². The summed E-state index contributed by atoms with van der Waals surface area (Å²) in [6, 6.07) is 6.04. The molecule has 0 heterocycles. The number of amides is 1. The number of rotatable bonds is 5. The van der Waals surface area contributed by atoms with E-state index in [-0.39, 0.29) is 29.2 Å². The van der Waals surface area contributed by atoms with E-state index < -0.39 is 5.60 Å². The molecule has 1 aromatic rings. The molecule has 0 bridgehead atoms. The van der Waals surface area contributed by atoms with Crippen LogP contribution in [0.15, 0.2) is 41.1 Å². The number of benzene rings is 1. The number of carbonyl (C=O) groups excluding carboxylic acids is 1. The highest BCUT2D eigenvalue weighted by molar-refractivity contribution is 5.96. The number of oxime groups is 1. The topological polar surface area (TPSA) is 70.9 Å². The molecule has 5 nitrogen and oxygen atoms in total. The van der Waals surface area contributed by atoms with Gasteiger partial charge in [0.1, 0.15) is 11.4 Å². The van der Waals surface area contributed by atoms with Crippen molar-refractivity contribution >= 4 is 11.6 Å². The predicted octanol–water partition coefficient (Wildman–Crippen LogP) is 5.14. The van der Waals surface area contributed by atoms with Crippen LogP contribution in [0, 0.1) is 46.7 Å². The molecular weight excluding hydrogens is 455 g/mol. The summed E-state index contributed by atoms with van der Waals surface area (Å²) in [5.41, 5.74) is 2.18. The third kappa shape index (κ3) is 4.16. The van der Waals surface area contributed by atoms with Crippen molar-refractivity contribution in [1.82, 2.24) is 5.32 Å². The Labute approximate surface area is 213 Å². The van der Waals surface area contributed by atoms with E-state index in [1.54, 1.807) is 12.1 Å². The molecule has 5 rings (SSSR count). The van der Waals surface area contributed by atoms with Crippen LogP contribution in [0.2, 0.25) is 0 Å². The van der Waals surface area contributed by atoms with Gasteiger partial charge < -0.3 is 15.3 Å². The molecule has 2 N–H and O–H groups in total. The second-order valence-electron chi connectivity index (χ2n) is 11.8. The molecule has 6 unspecified atom stereocenters. The quantitative estimate of drug-likeness (QED) is 0.442. The zero-order chi connectivity index (χ0) is 25.6. The van der Waals surface area contributed by atoms with Gasteiger partial charge in [0.05, 0.1) is 5.71 Å². The fourth-order valence-corrected chi connectivity index (χ4v) is 7.92. The summed E-state index contributed by atoms with van der Waals surface area (Å²) in [5, 5.41) is 18.2. The van der Waals surface area contributed by atoms with E-state index in [0.29, 0.717) is 24.3 Å². The van der Waals surface area contributed by atoms with E-state index in [2.05, 4.69) is 36.3 Å². The monoisotopic (exact) mass is 492 g/mol. The molecule has 4 aliphatic carbocycles. The molecule has 0 saturated heterocycles. The van der Waals surface area contributed by atoms with Gasteiger partial charge in [0.2, 0.25) is 0 Å². The maximum absolute atomic E-state index is 13.0. The number of allylic oxidation sites excluding steroid dienone is 2. The van der Waals surface area contributed by atoms with E-state index in [0.717, 1.165) is 62.6 Å². The third-order valence-corrected chi connectivity index (χ3v) is 10.1. The minimum atomic E-state index is -0.964. The number of aliphatic hydroxyl groups is 1. The average molecular weight is 493 g/mol. The molecule has 0 aromatic heterocycles. The van der Waals surface area contributed by atoms with Gasteiger partial charge in [-0.2, -0.15) is 0 Å². The van der Waals surface area contributed by atoms with Crippen molar-refractivity contribution in [2.75, 3.05) is 6.61 Å². The Morgan fingerprint density at radius 2 is 1.92 bits per heavy atom. The van der Waals surface area contributed by atoms with Crippen LogP contribution in [0.1, 0.15) is 70.8 Å². The maximum atomic E-state index is 13.0. The van der Waals surface area contributed by atoms with Crippen LogP contribution < -0.4 is 5.32 Å². The molecule has 1 amide bonds. The summed E-state index contributed by atoms with van der Waals surface area (Å²) in [6.07, 6.45) is 15.9. The Hall–Kier alpha value is -2.65. The van der Waals surface area contributed by atoms with Gasteiger partial charge in [0, 0.05) is 12.0 Å². The first-order valence-corrected chi connectivity index (χ1v) is 13.3. The lowest BCUT2D eigenvalue weighted by atomic mass is 9.46. The average Bonchev–Trinajstić information content (AvgIpc) is 3.15. The van der Waals surface area contributed by atoms with Crippen molar-refractivity contribution in [1.29, 1.82) is 0 Å². The normalized spacial score (nSPS) is 38.2. The van der Waals surface area contributed by atoms with Gasteiger partial charge in [-0.1, -0.05) is 42.6 Å². The molecule has 6 atom stereocenters. The van der Waals surface area contributed by atoms with Crippen molar-refractivity contribution in [2.24, 2.45) is 33.7 Å². The largest absolute Gasteiger partial charge is 0.385 e. The molecule has 3 saturated carbocycles. The fraction of sp³-hybridized carbons (Fsp3) is 0.600. The van der Waals surface area contributed by atoms with Crippen molar-refractivity contribution in [3.63, 3.8) is 0 Å². The van der Waals surface area contributed by atoms with Crippen LogP contribution in [0.3, 0.4) is 0 Å². The summed E-state index contributed by atoms with van der Waals surface area (Å²) >= 11 is 0. The Morgan fingerprint density at radius 1 is 1.17 bits per heavy atom. The molecule has 6 heteroatoms. The highest BCUT2D eigenvalue weighted by atomic mass is 19.1. The second kappa shape index (κ2) is 9.34. The predicted molar refractivity (Wildman–Crippen MR) is 137 cm³/mol. The molecule has 0 radical (unpaired) electrons. The SMILES string of the molecule is C#CC1(O)CCC2C3CCC4=CC(=NOCC(=O)NCc5ccc(F)cc5)CCC4(C)C3CCC21C. The molecular formula is C30H37FN2O3. The standard InChI is InChI=1S/C30H37FN2O3/c1-4-30(35)16-13-26-24-10-7-21-17-23(11-14-28(21,2)25(24)12-15-29(26,30)3)33-36-19-27(34)32-18-20-5-8-22(31)9-6-20/h1,5-6,8-9,17,24-26,35H,7,10-16,18-19H2,2-3H3,(H,32,34). The number of nitrogens with zero attached hydrogens (tertiary/aromatic N) is 1. The van der Waals surface area contributed by atoms with Gasteiger partial charge in [-0.3, -0.25) is 4.79 Å². The van der Waals surface area contributed by atoms with Crippen LogP contribution in [-0.4, -0.2) is 28.9 Å².